The van der Waals surface area contributed by atoms with E-state index < -0.39 is 30.0 Å². The molecule has 4 atom stereocenters. The number of imide groups is 1. The Labute approximate surface area is 355 Å². The van der Waals surface area contributed by atoms with Gasteiger partial charge in [-0.05, 0) is 80.8 Å². The molecule has 4 fully saturated rings. The Morgan fingerprint density at radius 2 is 1.80 bits per heavy atom. The summed E-state index contributed by atoms with van der Waals surface area (Å²) in [7, 11) is 3.50. The summed E-state index contributed by atoms with van der Waals surface area (Å²) in [5, 5.41) is 15.4. The predicted molar refractivity (Wildman–Crippen MR) is 229 cm³/mol. The van der Waals surface area contributed by atoms with Crippen LogP contribution < -0.4 is 36.0 Å². The van der Waals surface area contributed by atoms with Crippen LogP contribution in [0.15, 0.2) is 47.4 Å². The molecule has 3 aromatic heterocycles. The van der Waals surface area contributed by atoms with Gasteiger partial charge >= 0.3 is 5.92 Å². The maximum absolute atomic E-state index is 15.2. The van der Waals surface area contributed by atoms with E-state index in [4.69, 9.17) is 26.4 Å². The number of hydrogen-bond donors (Lipinski definition) is 3. The number of benzene rings is 2. The standard InChI is InChI=1S/C43H48ClF2N11O4/c1-23-19-56(27-7-8-28-33(17-27)54(3)52-35(28)29-9-11-34(58)49-40(29)59)15-14-55(23)20-24-12-13-57(21-24)42-47-18-31(44)39(51-42)48-26-6-10-32-30(16-26)36-37(41(60)53(32)2)61-22-43(45,46)38(50-36)25-4-5-25/h6-8,10,16-18,23-25,29,38,50H,4-5,9,11-15,19-22H2,1-3H3,(H,47,48,51)(H,49,58,59)/t23-,24-,29?,38-/m0/s1. The van der Waals surface area contributed by atoms with Crippen LogP contribution in [-0.2, 0) is 23.7 Å². The fourth-order valence-corrected chi connectivity index (χ4v) is 9.84. The van der Waals surface area contributed by atoms with Gasteiger partial charge in [-0.2, -0.15) is 10.1 Å². The molecule has 3 saturated heterocycles. The normalized spacial score (nSPS) is 24.4. The minimum absolute atomic E-state index is 0.108. The number of nitrogens with one attached hydrogen (secondary N) is 3. The first-order valence-corrected chi connectivity index (χ1v) is 21.5. The van der Waals surface area contributed by atoms with Crippen LogP contribution in [0.25, 0.3) is 21.8 Å². The third kappa shape index (κ3) is 7.28. The number of pyridine rings is 1. The first-order valence-electron chi connectivity index (χ1n) is 21.1. The molecular formula is C43H48ClF2N11O4. The van der Waals surface area contributed by atoms with Gasteiger partial charge in [0.15, 0.2) is 12.4 Å². The van der Waals surface area contributed by atoms with Crippen molar-refractivity contribution in [2.24, 2.45) is 25.9 Å². The average molecular weight is 856 g/mol. The smallest absolute Gasteiger partial charge is 0.301 e. The Morgan fingerprint density at radius 3 is 2.59 bits per heavy atom. The Bertz CT molecular complexity index is 2650. The van der Waals surface area contributed by atoms with Crippen LogP contribution in [-0.4, -0.2) is 105 Å². The number of piperidine rings is 1. The lowest BCUT2D eigenvalue weighted by atomic mass is 9.93. The number of fused-ring (bicyclic) bond motifs is 4. The lowest BCUT2D eigenvalue weighted by molar-refractivity contribution is -0.134. The first kappa shape index (κ1) is 39.6. The van der Waals surface area contributed by atoms with E-state index in [1.54, 1.807) is 31.4 Å². The minimum Gasteiger partial charge on any atom is -0.480 e. The number of anilines is 5. The molecule has 10 rings (SSSR count). The largest absolute Gasteiger partial charge is 0.480 e. The zero-order valence-corrected chi connectivity index (χ0v) is 35.0. The molecule has 18 heteroatoms. The van der Waals surface area contributed by atoms with Crippen LogP contribution in [0, 0.1) is 11.8 Å². The molecule has 15 nitrogen and oxygen atoms in total. The molecule has 1 aliphatic carbocycles. The van der Waals surface area contributed by atoms with E-state index in [1.165, 1.54) is 4.57 Å². The number of nitrogens with zero attached hydrogens (tertiary/aromatic N) is 8. The van der Waals surface area contributed by atoms with Crippen molar-refractivity contribution in [2.75, 3.05) is 66.3 Å². The average Bonchev–Trinajstić information content (AvgIpc) is 3.91. The molecule has 0 radical (unpaired) electrons. The fraction of sp³-hybridized carbons (Fsp3) is 0.488. The van der Waals surface area contributed by atoms with Gasteiger partial charge < -0.3 is 29.7 Å². The van der Waals surface area contributed by atoms with Crippen molar-refractivity contribution >= 4 is 74.0 Å². The molecule has 0 spiro atoms. The second-order valence-corrected chi connectivity index (χ2v) is 17.8. The SMILES string of the molecule is C[C@H]1CN(c2ccc3c(C4CCC(=O)NC4=O)nn(C)c3c2)CCN1C[C@@H]1CCN(c2ncc(Cl)c(Nc3ccc4c(c3)c3c(c(=O)n4C)OCC(F)(F)[C@H](C4CC4)N3)n2)C1. The van der Waals surface area contributed by atoms with Gasteiger partial charge in [0.1, 0.15) is 5.02 Å². The van der Waals surface area contributed by atoms with Gasteiger partial charge in [-0.25, -0.2) is 13.8 Å². The van der Waals surface area contributed by atoms with Crippen molar-refractivity contribution in [3.05, 3.63) is 63.7 Å². The molecule has 7 heterocycles. The predicted octanol–water partition coefficient (Wildman–Crippen LogP) is 5.39. The Balaban J connectivity index is 0.798. The maximum atomic E-state index is 15.2. The maximum Gasteiger partial charge on any atom is 0.301 e. The van der Waals surface area contributed by atoms with Crippen LogP contribution in [0.1, 0.15) is 50.6 Å². The molecule has 1 unspecified atom stereocenters. The van der Waals surface area contributed by atoms with Crippen molar-refractivity contribution in [3.63, 3.8) is 0 Å². The van der Waals surface area contributed by atoms with Gasteiger partial charge in [-0.3, -0.25) is 29.3 Å². The number of hydrogen-bond acceptors (Lipinski definition) is 12. The van der Waals surface area contributed by atoms with Crippen molar-refractivity contribution in [3.8, 4) is 5.75 Å². The summed E-state index contributed by atoms with van der Waals surface area (Å²) in [4.78, 5) is 54.2. The highest BCUT2D eigenvalue weighted by molar-refractivity contribution is 6.33. The molecule has 3 N–H and O–H groups in total. The Morgan fingerprint density at radius 1 is 0.967 bits per heavy atom. The molecule has 2 aromatic carbocycles. The number of rotatable bonds is 8. The highest BCUT2D eigenvalue weighted by atomic mass is 35.5. The van der Waals surface area contributed by atoms with E-state index in [9.17, 15) is 14.4 Å². The van der Waals surface area contributed by atoms with Gasteiger partial charge in [0.2, 0.25) is 23.5 Å². The molecule has 0 bridgehead atoms. The van der Waals surface area contributed by atoms with Crippen LogP contribution in [0.2, 0.25) is 5.02 Å². The number of aromatic nitrogens is 5. The number of alkyl halides is 2. The van der Waals surface area contributed by atoms with Crippen LogP contribution in [0.4, 0.5) is 37.6 Å². The van der Waals surface area contributed by atoms with Gasteiger partial charge in [-0.1, -0.05) is 11.6 Å². The number of aryl methyl sites for hydroxylation is 2. The fourth-order valence-electron chi connectivity index (χ4n) is 9.70. The topological polar surface area (TPSA) is 155 Å². The summed E-state index contributed by atoms with van der Waals surface area (Å²) in [5.74, 6) is -2.97. The lowest BCUT2D eigenvalue weighted by Crippen LogP contribution is -2.53. The number of halogens is 3. The molecule has 5 aromatic rings. The summed E-state index contributed by atoms with van der Waals surface area (Å²) in [5.41, 5.74) is 3.79. The van der Waals surface area contributed by atoms with E-state index in [2.05, 4.69) is 60.8 Å². The Hall–Kier alpha value is -5.55. The molecule has 1 saturated carbocycles. The second kappa shape index (κ2) is 15.1. The van der Waals surface area contributed by atoms with Crippen LogP contribution in [0.5, 0.6) is 5.75 Å². The third-order valence-electron chi connectivity index (χ3n) is 13.2. The summed E-state index contributed by atoms with van der Waals surface area (Å²) >= 11 is 6.65. The van der Waals surface area contributed by atoms with E-state index in [0.29, 0.717) is 71.0 Å². The molecule has 5 aliphatic rings. The van der Waals surface area contributed by atoms with Crippen molar-refractivity contribution < 1.29 is 23.1 Å². The van der Waals surface area contributed by atoms with Gasteiger partial charge in [0.25, 0.3) is 5.56 Å². The van der Waals surface area contributed by atoms with Crippen molar-refractivity contribution in [1.29, 1.82) is 0 Å². The molecule has 4 aliphatic heterocycles. The summed E-state index contributed by atoms with van der Waals surface area (Å²) in [6.45, 7) is 6.65. The van der Waals surface area contributed by atoms with E-state index >= 15 is 8.78 Å². The van der Waals surface area contributed by atoms with Crippen LogP contribution in [0.3, 0.4) is 0 Å². The van der Waals surface area contributed by atoms with Gasteiger partial charge in [-0.15, -0.1) is 0 Å². The highest BCUT2D eigenvalue weighted by Crippen LogP contribution is 2.46. The first-order chi connectivity index (χ1) is 29.3. The Kier molecular flexibility index (Phi) is 9.81. The second-order valence-electron chi connectivity index (χ2n) is 17.4. The lowest BCUT2D eigenvalue weighted by Gasteiger charge is -2.42. The molecular weight excluding hydrogens is 808 g/mol. The quantitative estimate of drug-likeness (QED) is 0.172. The van der Waals surface area contributed by atoms with Crippen molar-refractivity contribution in [1.82, 2.24) is 34.5 Å². The number of piperazine rings is 1. The summed E-state index contributed by atoms with van der Waals surface area (Å²) in [6.07, 6.45) is 4.77. The summed E-state index contributed by atoms with van der Waals surface area (Å²) < 4.78 is 39.1. The minimum atomic E-state index is -3.13. The number of carbonyl (C=O) groups excluding carboxylic acids is 2. The summed E-state index contributed by atoms with van der Waals surface area (Å²) in [6, 6.07) is 10.9. The van der Waals surface area contributed by atoms with E-state index in [1.807, 2.05) is 11.7 Å². The van der Waals surface area contributed by atoms with Gasteiger partial charge in [0, 0.05) is 88.0 Å². The zero-order valence-electron chi connectivity index (χ0n) is 34.3. The van der Waals surface area contributed by atoms with E-state index in [-0.39, 0.29) is 29.2 Å². The van der Waals surface area contributed by atoms with Crippen LogP contribution >= 0.6 is 11.6 Å². The number of ether oxygens (including phenoxy) is 1. The van der Waals surface area contributed by atoms with E-state index in [0.717, 1.165) is 68.0 Å². The van der Waals surface area contributed by atoms with Gasteiger partial charge in [0.05, 0.1) is 40.6 Å². The van der Waals surface area contributed by atoms with Crippen molar-refractivity contribution in [2.45, 2.75) is 63.0 Å². The monoisotopic (exact) mass is 855 g/mol. The molecule has 2 amide bonds. The molecule has 320 valence electrons. The zero-order chi connectivity index (χ0) is 42.3. The molecule has 61 heavy (non-hydrogen) atoms. The highest BCUT2D eigenvalue weighted by Gasteiger charge is 2.51. The third-order valence-corrected chi connectivity index (χ3v) is 13.5. The number of amides is 2. The number of carbonyl (C=O) groups is 2.